The van der Waals surface area contributed by atoms with Crippen LogP contribution in [0.2, 0.25) is 0 Å². The molecular weight excluding hydrogens is 424 g/mol. The fraction of sp³-hybridized carbons (Fsp3) is 0. The molecule has 0 bridgehead atoms. The summed E-state index contributed by atoms with van der Waals surface area (Å²) < 4.78 is 19.9. The van der Waals surface area contributed by atoms with Crippen molar-refractivity contribution in [1.82, 2.24) is 0 Å². The molecule has 6 heteroatoms. The van der Waals surface area contributed by atoms with E-state index in [9.17, 15) is 0 Å². The van der Waals surface area contributed by atoms with E-state index in [1.165, 1.54) is 0 Å². The number of benzene rings is 4. The molecule has 0 aromatic heterocycles. The van der Waals surface area contributed by atoms with Crippen LogP contribution in [0.25, 0.3) is 0 Å². The second kappa shape index (κ2) is 8.67. The fourth-order valence-electron chi connectivity index (χ4n) is 3.92. The summed E-state index contributed by atoms with van der Waals surface area (Å²) in [7, 11) is -5.84. The molecule has 4 nitrogen and oxygen atoms in total. The molecule has 0 fully saturated rings. The second-order valence-corrected chi connectivity index (χ2v) is 13.3. The van der Waals surface area contributed by atoms with Gasteiger partial charge in [-0.2, -0.15) is 0 Å². The van der Waals surface area contributed by atoms with Crippen LogP contribution in [0.1, 0.15) is 0 Å². The Bertz CT molecular complexity index is 1120. The van der Waals surface area contributed by atoms with Gasteiger partial charge in [0, 0.05) is 0 Å². The Labute approximate surface area is 189 Å². The standard InChI is InChI=1S/C26H20N4Si2/c1-5-13-23(14-6-1)31(24-15-7-2-8-16-24)27-21-29-32(30-22-28-31,25-17-9-3-10-18-25)26-19-11-4-12-20-26/h1-20H. The third-order valence-corrected chi connectivity index (χ3v) is 11.8. The molecule has 0 spiro atoms. The Morgan fingerprint density at radius 1 is 0.344 bits per heavy atom. The van der Waals surface area contributed by atoms with E-state index < -0.39 is 16.8 Å². The first-order chi connectivity index (χ1) is 15.8. The van der Waals surface area contributed by atoms with E-state index in [2.05, 4.69) is 60.5 Å². The molecule has 0 saturated carbocycles. The molecule has 0 N–H and O–H groups in total. The molecule has 0 aliphatic carbocycles. The van der Waals surface area contributed by atoms with Crippen molar-refractivity contribution < 1.29 is 0 Å². The zero-order valence-corrected chi connectivity index (χ0v) is 19.3. The first kappa shape index (κ1) is 20.0. The van der Waals surface area contributed by atoms with Crippen LogP contribution in [0.3, 0.4) is 0 Å². The molecule has 5 rings (SSSR count). The van der Waals surface area contributed by atoms with Gasteiger partial charge in [-0.3, -0.25) is 0 Å². The Morgan fingerprint density at radius 3 is 0.781 bits per heavy atom. The van der Waals surface area contributed by atoms with Gasteiger partial charge in [0.1, 0.15) is 0 Å². The van der Waals surface area contributed by atoms with Gasteiger partial charge >= 0.3 is 16.8 Å². The molecule has 1 aliphatic heterocycles. The van der Waals surface area contributed by atoms with Crippen LogP contribution >= 0.6 is 0 Å². The summed E-state index contributed by atoms with van der Waals surface area (Å²) in [5, 5.41) is 4.19. The van der Waals surface area contributed by atoms with Crippen molar-refractivity contribution >= 4 is 49.6 Å². The summed E-state index contributed by atoms with van der Waals surface area (Å²) in [5.74, 6) is 0. The molecule has 0 amide bonds. The van der Waals surface area contributed by atoms with Crippen molar-refractivity contribution in [3.8, 4) is 0 Å². The monoisotopic (exact) mass is 444 g/mol. The fourth-order valence-corrected chi connectivity index (χ4v) is 9.33. The zero-order chi connectivity index (χ0) is 21.7. The lowest BCUT2D eigenvalue weighted by atomic mass is 10.4. The molecule has 0 atom stereocenters. The lowest BCUT2D eigenvalue weighted by Gasteiger charge is -2.24. The lowest BCUT2D eigenvalue weighted by molar-refractivity contribution is 1.48. The van der Waals surface area contributed by atoms with Crippen molar-refractivity contribution in [2.45, 2.75) is 0 Å². The third-order valence-electron chi connectivity index (χ3n) is 5.55. The third kappa shape index (κ3) is 3.54. The number of hydrogen-bond donors (Lipinski definition) is 0. The summed E-state index contributed by atoms with van der Waals surface area (Å²) in [4.78, 5) is 0. The number of rotatable bonds is 4. The Balaban J connectivity index is 1.75. The highest BCUT2D eigenvalue weighted by Gasteiger charge is 2.42. The Hall–Kier alpha value is -3.93. The maximum Gasteiger partial charge on any atom is 0.389 e. The zero-order valence-electron chi connectivity index (χ0n) is 17.3. The van der Waals surface area contributed by atoms with Crippen LogP contribution in [0, 0.1) is 0 Å². The van der Waals surface area contributed by atoms with Gasteiger partial charge in [0.25, 0.3) is 0 Å². The van der Waals surface area contributed by atoms with Crippen LogP contribution in [-0.4, -0.2) is 28.8 Å². The van der Waals surface area contributed by atoms with Crippen molar-refractivity contribution in [2.75, 3.05) is 0 Å². The lowest BCUT2D eigenvalue weighted by Crippen LogP contribution is -2.58. The summed E-state index contributed by atoms with van der Waals surface area (Å²) in [6.07, 6.45) is 0. The largest absolute Gasteiger partial charge is 0.389 e. The van der Waals surface area contributed by atoms with Gasteiger partial charge in [0.15, 0.2) is 0 Å². The van der Waals surface area contributed by atoms with Gasteiger partial charge in [0.05, 0.1) is 12.0 Å². The normalized spacial score (nSPS) is 15.8. The minimum absolute atomic E-state index is 1.05. The predicted octanol–water partition coefficient (Wildman–Crippen LogP) is 2.86. The molecule has 1 heterocycles. The molecule has 0 saturated heterocycles. The molecule has 32 heavy (non-hydrogen) atoms. The Kier molecular flexibility index (Phi) is 5.42. The molecule has 0 radical (unpaired) electrons. The van der Waals surface area contributed by atoms with E-state index in [0.29, 0.717) is 0 Å². The van der Waals surface area contributed by atoms with Gasteiger partial charge in [-0.1, -0.05) is 121 Å². The molecule has 152 valence electrons. The minimum atomic E-state index is -2.92. The topological polar surface area (TPSA) is 49.4 Å². The van der Waals surface area contributed by atoms with Crippen molar-refractivity contribution in [2.24, 2.45) is 18.6 Å². The molecule has 4 aromatic rings. The maximum atomic E-state index is 4.97. The van der Waals surface area contributed by atoms with Crippen LogP contribution in [-0.2, 0) is 0 Å². The van der Waals surface area contributed by atoms with E-state index in [1.807, 2.05) is 72.8 Å². The van der Waals surface area contributed by atoms with Gasteiger partial charge in [-0.15, -0.1) is 0 Å². The summed E-state index contributed by atoms with van der Waals surface area (Å²) >= 11 is 0. The van der Waals surface area contributed by atoms with Crippen LogP contribution in [0.15, 0.2) is 140 Å². The first-order valence-electron chi connectivity index (χ1n) is 10.4. The van der Waals surface area contributed by atoms with Crippen LogP contribution in [0.4, 0.5) is 0 Å². The van der Waals surface area contributed by atoms with E-state index in [4.69, 9.17) is 18.6 Å². The summed E-state index contributed by atoms with van der Waals surface area (Å²) in [6, 6.07) is 46.8. The van der Waals surface area contributed by atoms with Crippen LogP contribution in [0.5, 0.6) is 0 Å². The van der Waals surface area contributed by atoms with Gasteiger partial charge < -0.3 is 0 Å². The highest BCUT2D eigenvalue weighted by Crippen LogP contribution is 2.13. The maximum absolute atomic E-state index is 4.97. The van der Waals surface area contributed by atoms with Gasteiger partial charge in [-0.05, 0) is 20.7 Å². The molecule has 0 unspecified atom stereocenters. The van der Waals surface area contributed by atoms with E-state index in [-0.39, 0.29) is 0 Å². The van der Waals surface area contributed by atoms with E-state index in [0.717, 1.165) is 20.7 Å². The molecular formula is C26H20N4Si2. The van der Waals surface area contributed by atoms with Crippen LogP contribution < -0.4 is 20.7 Å². The quantitative estimate of drug-likeness (QED) is 0.435. The highest BCUT2D eigenvalue weighted by atomic mass is 28.4. The summed E-state index contributed by atoms with van der Waals surface area (Å²) in [6.45, 7) is 0. The second-order valence-electron chi connectivity index (χ2n) is 7.46. The van der Waals surface area contributed by atoms with Crippen molar-refractivity contribution in [1.29, 1.82) is 0 Å². The van der Waals surface area contributed by atoms with Crippen molar-refractivity contribution in [3.05, 3.63) is 121 Å². The highest BCUT2D eigenvalue weighted by molar-refractivity contribution is 7.02. The average Bonchev–Trinajstić information content (AvgIpc) is 2.87. The first-order valence-corrected chi connectivity index (χ1v) is 14.2. The van der Waals surface area contributed by atoms with E-state index >= 15 is 0 Å². The predicted molar refractivity (Wildman–Crippen MR) is 136 cm³/mol. The number of nitrogens with zero attached hydrogens (tertiary/aromatic N) is 4. The smallest absolute Gasteiger partial charge is 0.228 e. The number of hydrogen-bond acceptors (Lipinski definition) is 4. The molecule has 1 aliphatic rings. The van der Waals surface area contributed by atoms with E-state index in [1.54, 1.807) is 0 Å². The average molecular weight is 445 g/mol. The van der Waals surface area contributed by atoms with Gasteiger partial charge in [-0.25, -0.2) is 18.6 Å². The minimum Gasteiger partial charge on any atom is -0.228 e. The summed E-state index contributed by atoms with van der Waals surface area (Å²) in [5.41, 5.74) is 0. The Morgan fingerprint density at radius 2 is 0.562 bits per heavy atom. The van der Waals surface area contributed by atoms with Crippen molar-refractivity contribution in [3.63, 3.8) is 0 Å². The SMILES string of the molecule is C1=N[Si](c2ccccc2)(c2ccccc2)N=C=N[Si](c2ccccc2)(c2ccccc2)N=1. The molecule has 4 aromatic carbocycles. The van der Waals surface area contributed by atoms with Gasteiger partial charge in [0.2, 0.25) is 0 Å².